The van der Waals surface area contributed by atoms with E-state index in [9.17, 15) is 27.9 Å². The molecule has 9 nitrogen and oxygen atoms in total. The summed E-state index contributed by atoms with van der Waals surface area (Å²) in [5.41, 5.74) is -0.141. The van der Waals surface area contributed by atoms with Gasteiger partial charge in [-0.2, -0.15) is 0 Å². The van der Waals surface area contributed by atoms with Crippen LogP contribution in [0, 0.1) is 0 Å². The van der Waals surface area contributed by atoms with Gasteiger partial charge in [-0.05, 0) is 24.1 Å². The number of fused-ring (bicyclic) bond motifs is 1. The fourth-order valence-corrected chi connectivity index (χ4v) is 3.82. The summed E-state index contributed by atoms with van der Waals surface area (Å²) >= 11 is 0. The van der Waals surface area contributed by atoms with Crippen molar-refractivity contribution in [3.63, 3.8) is 0 Å². The maximum atomic E-state index is 13.3. The molecular formula is C23H23F3N4O5. The number of hydrogen-bond donors (Lipinski definition) is 2. The topological polar surface area (TPSA) is 98.0 Å². The maximum Gasteiger partial charge on any atom is 0.573 e. The first-order chi connectivity index (χ1) is 16.7. The van der Waals surface area contributed by atoms with Crippen LogP contribution in [-0.2, 0) is 20.1 Å². The van der Waals surface area contributed by atoms with Gasteiger partial charge in [-0.3, -0.25) is 13.9 Å². The highest BCUT2D eigenvalue weighted by Crippen LogP contribution is 2.34. The van der Waals surface area contributed by atoms with Gasteiger partial charge in [-0.15, -0.1) is 13.2 Å². The van der Waals surface area contributed by atoms with Crippen LogP contribution < -0.4 is 30.9 Å². The molecule has 2 aromatic carbocycles. The molecule has 35 heavy (non-hydrogen) atoms. The number of alkyl halides is 3. The molecule has 0 radical (unpaired) electrons. The molecule has 0 aliphatic carbocycles. The lowest BCUT2D eigenvalue weighted by molar-refractivity contribution is -0.274. The van der Waals surface area contributed by atoms with Gasteiger partial charge in [0.1, 0.15) is 23.0 Å². The van der Waals surface area contributed by atoms with E-state index < -0.39 is 29.7 Å². The predicted molar refractivity (Wildman–Crippen MR) is 121 cm³/mol. The van der Waals surface area contributed by atoms with Gasteiger partial charge in [0.25, 0.3) is 11.9 Å². The molecule has 0 spiro atoms. The first-order valence-corrected chi connectivity index (χ1v) is 10.7. The van der Waals surface area contributed by atoms with E-state index >= 15 is 0 Å². The van der Waals surface area contributed by atoms with Gasteiger partial charge in [0.2, 0.25) is 0 Å². The van der Waals surface area contributed by atoms with Crippen LogP contribution in [0.4, 0.5) is 24.7 Å². The molecule has 2 N–H and O–H groups in total. The molecule has 1 aliphatic rings. The Hall–Kier alpha value is -3.93. The number of ether oxygens (including phenoxy) is 2. The number of hydrogen-bond acceptors (Lipinski definition) is 7. The highest BCUT2D eigenvalue weighted by molar-refractivity contribution is 5.71. The van der Waals surface area contributed by atoms with Crippen LogP contribution in [0.2, 0.25) is 0 Å². The molecular weight excluding hydrogens is 469 g/mol. The zero-order valence-electron chi connectivity index (χ0n) is 18.7. The van der Waals surface area contributed by atoms with E-state index in [-0.39, 0.29) is 43.4 Å². The van der Waals surface area contributed by atoms with Crippen molar-refractivity contribution >= 4 is 11.5 Å². The highest BCUT2D eigenvalue weighted by Gasteiger charge is 2.37. The summed E-state index contributed by atoms with van der Waals surface area (Å²) in [7, 11) is 1.49. The average molecular weight is 492 g/mol. The molecule has 0 saturated heterocycles. The van der Waals surface area contributed by atoms with E-state index in [0.29, 0.717) is 0 Å². The Labute approximate surface area is 197 Å². The number of benzene rings is 2. The number of aliphatic hydroxyl groups is 1. The van der Waals surface area contributed by atoms with Crippen LogP contribution >= 0.6 is 0 Å². The van der Waals surface area contributed by atoms with Crippen molar-refractivity contribution in [2.45, 2.75) is 32.2 Å². The lowest BCUT2D eigenvalue weighted by atomic mass is 10.2. The lowest BCUT2D eigenvalue weighted by Crippen LogP contribution is -2.43. The van der Waals surface area contributed by atoms with E-state index in [0.717, 1.165) is 22.3 Å². The number of aromatic nitrogens is 2. The molecule has 186 valence electrons. The normalized spacial score (nSPS) is 15.0. The van der Waals surface area contributed by atoms with Crippen LogP contribution in [0.1, 0.15) is 12.0 Å². The van der Waals surface area contributed by atoms with Crippen molar-refractivity contribution in [1.29, 1.82) is 0 Å². The predicted octanol–water partition coefficient (Wildman–Crippen LogP) is 2.62. The third kappa shape index (κ3) is 5.27. The third-order valence-corrected chi connectivity index (χ3v) is 5.38. The largest absolute Gasteiger partial charge is 0.573 e. The van der Waals surface area contributed by atoms with Crippen LogP contribution in [0.25, 0.3) is 0 Å². The second-order valence-corrected chi connectivity index (χ2v) is 7.82. The average Bonchev–Trinajstić information content (AvgIpc) is 3.15. The van der Waals surface area contributed by atoms with Crippen molar-refractivity contribution in [2.24, 2.45) is 7.05 Å². The molecule has 3 aromatic rings. The molecule has 2 heterocycles. The monoisotopic (exact) mass is 492 g/mol. The minimum Gasteiger partial charge on any atom is -0.452 e. The quantitative estimate of drug-likeness (QED) is 0.499. The van der Waals surface area contributed by atoms with Gasteiger partial charge in [0.05, 0.1) is 0 Å². The minimum absolute atomic E-state index is 0.0246. The van der Waals surface area contributed by atoms with Crippen molar-refractivity contribution in [3.05, 3.63) is 81.0 Å². The van der Waals surface area contributed by atoms with Gasteiger partial charge >= 0.3 is 12.1 Å². The number of rotatable bonds is 8. The van der Waals surface area contributed by atoms with E-state index in [1.165, 1.54) is 23.7 Å². The SMILES string of the molecule is Cn1c2c(c(=O)n(CCCO)c1=O)N(Cc1ccccc1)C(Oc1cccc(OC(F)(F)F)c1)N2. The van der Waals surface area contributed by atoms with Crippen molar-refractivity contribution < 1.29 is 27.8 Å². The molecule has 4 rings (SSSR count). The number of anilines is 2. The molecule has 0 amide bonds. The fourth-order valence-electron chi connectivity index (χ4n) is 3.82. The van der Waals surface area contributed by atoms with Crippen LogP contribution in [0.15, 0.2) is 64.2 Å². The second-order valence-electron chi connectivity index (χ2n) is 7.82. The van der Waals surface area contributed by atoms with Gasteiger partial charge < -0.3 is 24.8 Å². The molecule has 1 unspecified atom stereocenters. The van der Waals surface area contributed by atoms with E-state index in [2.05, 4.69) is 10.1 Å². The summed E-state index contributed by atoms with van der Waals surface area (Å²) in [6.07, 6.45) is -5.66. The summed E-state index contributed by atoms with van der Waals surface area (Å²) in [6.45, 7) is 0.0369. The third-order valence-electron chi connectivity index (χ3n) is 5.38. The fraction of sp³-hybridized carbons (Fsp3) is 0.304. The number of nitrogens with zero attached hydrogens (tertiary/aromatic N) is 3. The second kappa shape index (κ2) is 9.74. The molecule has 0 saturated carbocycles. The van der Waals surface area contributed by atoms with E-state index in [1.807, 2.05) is 30.3 Å². The smallest absolute Gasteiger partial charge is 0.452 e. The summed E-state index contributed by atoms with van der Waals surface area (Å²) < 4.78 is 50.1. The Morgan fingerprint density at radius 3 is 2.46 bits per heavy atom. The number of nitrogens with one attached hydrogen (secondary N) is 1. The molecule has 1 atom stereocenters. The molecule has 12 heteroatoms. The Morgan fingerprint density at radius 1 is 1.06 bits per heavy atom. The van der Waals surface area contributed by atoms with Crippen molar-refractivity contribution in [2.75, 3.05) is 16.8 Å². The number of aliphatic hydroxyl groups excluding tert-OH is 1. The first kappa shape index (κ1) is 24.2. The van der Waals surface area contributed by atoms with E-state index in [1.54, 1.807) is 4.90 Å². The zero-order chi connectivity index (χ0) is 25.2. The van der Waals surface area contributed by atoms with Crippen molar-refractivity contribution in [1.82, 2.24) is 9.13 Å². The molecule has 1 aromatic heterocycles. The van der Waals surface area contributed by atoms with Crippen LogP contribution in [0.3, 0.4) is 0 Å². The van der Waals surface area contributed by atoms with Crippen LogP contribution in [-0.4, -0.2) is 33.6 Å². The van der Waals surface area contributed by atoms with Gasteiger partial charge in [0, 0.05) is 32.8 Å². The summed E-state index contributed by atoms with van der Waals surface area (Å²) in [5.74, 6) is -0.191. The summed E-state index contributed by atoms with van der Waals surface area (Å²) in [5, 5.41) is 12.2. The van der Waals surface area contributed by atoms with Crippen LogP contribution in [0.5, 0.6) is 11.5 Å². The van der Waals surface area contributed by atoms with Gasteiger partial charge in [0.15, 0.2) is 0 Å². The molecule has 0 bridgehead atoms. The zero-order valence-corrected chi connectivity index (χ0v) is 18.7. The Bertz CT molecular complexity index is 1310. The Kier molecular flexibility index (Phi) is 6.74. The standard InChI is InChI=1S/C23H23F3N4O5/c1-28-19-18(20(32)29(22(28)33)11-6-12-31)30(14-15-7-3-2-4-8-15)21(27-19)34-16-9-5-10-17(13-16)35-23(24,25)26/h2-5,7-10,13,21,27,31H,6,11-12,14H2,1H3. The highest BCUT2D eigenvalue weighted by atomic mass is 19.4. The van der Waals surface area contributed by atoms with E-state index in [4.69, 9.17) is 4.74 Å². The Morgan fingerprint density at radius 2 is 1.77 bits per heavy atom. The summed E-state index contributed by atoms with van der Waals surface area (Å²) in [6, 6.07) is 14.2. The molecule has 1 aliphatic heterocycles. The van der Waals surface area contributed by atoms with Crippen molar-refractivity contribution in [3.8, 4) is 11.5 Å². The lowest BCUT2D eigenvalue weighted by Gasteiger charge is -2.26. The maximum absolute atomic E-state index is 13.3. The molecule has 0 fully saturated rings. The van der Waals surface area contributed by atoms with Gasteiger partial charge in [-0.1, -0.05) is 36.4 Å². The summed E-state index contributed by atoms with van der Waals surface area (Å²) in [4.78, 5) is 27.7. The Balaban J connectivity index is 1.73. The van der Waals surface area contributed by atoms with Gasteiger partial charge in [-0.25, -0.2) is 4.79 Å². The first-order valence-electron chi connectivity index (χ1n) is 10.7. The minimum atomic E-state index is -4.86. The number of halogens is 3.